The lowest BCUT2D eigenvalue weighted by Gasteiger charge is -2.34. The lowest BCUT2D eigenvalue weighted by Crippen LogP contribution is -2.46. The molecular formula is C10H25NOSi. The number of hydrogen-bond donors (Lipinski definition) is 1. The van der Waals surface area contributed by atoms with E-state index in [9.17, 15) is 0 Å². The Bertz CT molecular complexity index is 151. The van der Waals surface area contributed by atoms with Gasteiger partial charge in [-0.3, -0.25) is 0 Å². The molecular weight excluding hydrogens is 178 g/mol. The van der Waals surface area contributed by atoms with Gasteiger partial charge >= 0.3 is 0 Å². The van der Waals surface area contributed by atoms with Gasteiger partial charge in [0.25, 0.3) is 0 Å². The first-order chi connectivity index (χ1) is 5.69. The fraction of sp³-hybridized carbons (Fsp3) is 1.00. The van der Waals surface area contributed by atoms with Crippen LogP contribution in [0.25, 0.3) is 0 Å². The summed E-state index contributed by atoms with van der Waals surface area (Å²) in [5.74, 6) is 0. The van der Waals surface area contributed by atoms with Crippen LogP contribution in [-0.4, -0.2) is 21.4 Å². The molecule has 0 fully saturated rings. The lowest BCUT2D eigenvalue weighted by molar-refractivity contribution is 0.0784. The highest BCUT2D eigenvalue weighted by atomic mass is 28.2. The second-order valence-electron chi connectivity index (χ2n) is 5.47. The van der Waals surface area contributed by atoms with Gasteiger partial charge in [0.2, 0.25) is 0 Å². The largest absolute Gasteiger partial charge is 0.417 e. The summed E-state index contributed by atoms with van der Waals surface area (Å²) < 4.78 is 5.96. The van der Waals surface area contributed by atoms with Gasteiger partial charge in [-0.1, -0.05) is 27.7 Å². The lowest BCUT2D eigenvalue weighted by atomic mass is 9.98. The first-order valence-corrected chi connectivity index (χ1v) is 6.37. The maximum absolute atomic E-state index is 5.98. The highest BCUT2D eigenvalue weighted by Gasteiger charge is 2.27. The van der Waals surface area contributed by atoms with Crippen molar-refractivity contribution in [1.82, 2.24) is 0 Å². The van der Waals surface area contributed by atoms with E-state index < -0.39 is 9.76 Å². The Labute approximate surface area is 85.2 Å². The molecule has 0 saturated carbocycles. The first kappa shape index (κ1) is 13.1. The van der Waals surface area contributed by atoms with Crippen molar-refractivity contribution in [3.05, 3.63) is 0 Å². The zero-order valence-electron chi connectivity index (χ0n) is 9.98. The van der Waals surface area contributed by atoms with E-state index in [0.29, 0.717) is 5.04 Å². The van der Waals surface area contributed by atoms with E-state index in [4.69, 9.17) is 10.2 Å². The van der Waals surface area contributed by atoms with Crippen molar-refractivity contribution in [2.45, 2.75) is 64.6 Å². The van der Waals surface area contributed by atoms with Crippen LogP contribution in [0.5, 0.6) is 0 Å². The molecule has 0 amide bonds. The Kier molecular flexibility index (Phi) is 4.62. The van der Waals surface area contributed by atoms with E-state index in [0.717, 1.165) is 6.42 Å². The normalized spacial score (nSPS) is 16.8. The molecule has 1 atom stereocenters. The standard InChI is InChI=1S/C10H25NOSi/c1-7-8(11)10(5,6)12-13-9(2,3)4/h8H,7,11,13H2,1-6H3. The van der Waals surface area contributed by atoms with Crippen molar-refractivity contribution < 1.29 is 4.43 Å². The summed E-state index contributed by atoms with van der Waals surface area (Å²) in [4.78, 5) is 0. The molecule has 0 radical (unpaired) electrons. The molecule has 0 spiro atoms. The average Bonchev–Trinajstić information content (AvgIpc) is 1.98. The molecule has 0 aromatic carbocycles. The fourth-order valence-electron chi connectivity index (χ4n) is 1.00. The molecule has 0 heterocycles. The third-order valence-corrected chi connectivity index (χ3v) is 3.96. The quantitative estimate of drug-likeness (QED) is 0.707. The Morgan fingerprint density at radius 1 is 1.23 bits per heavy atom. The Morgan fingerprint density at radius 3 is 2.00 bits per heavy atom. The highest BCUT2D eigenvalue weighted by molar-refractivity contribution is 6.31. The number of rotatable bonds is 4. The van der Waals surface area contributed by atoms with Gasteiger partial charge in [0.05, 0.1) is 5.60 Å². The van der Waals surface area contributed by atoms with E-state index in [2.05, 4.69) is 41.5 Å². The second kappa shape index (κ2) is 4.58. The third-order valence-electron chi connectivity index (χ3n) is 2.21. The van der Waals surface area contributed by atoms with Crippen LogP contribution in [0.1, 0.15) is 48.0 Å². The topological polar surface area (TPSA) is 35.2 Å². The minimum atomic E-state index is -0.487. The minimum Gasteiger partial charge on any atom is -0.417 e. The van der Waals surface area contributed by atoms with E-state index in [-0.39, 0.29) is 11.6 Å². The van der Waals surface area contributed by atoms with Gasteiger partial charge in [0, 0.05) is 6.04 Å². The van der Waals surface area contributed by atoms with Crippen LogP contribution >= 0.6 is 0 Å². The monoisotopic (exact) mass is 203 g/mol. The summed E-state index contributed by atoms with van der Waals surface area (Å²) in [7, 11) is -0.487. The molecule has 0 rings (SSSR count). The molecule has 0 saturated heterocycles. The van der Waals surface area contributed by atoms with Crippen LogP contribution in [0.4, 0.5) is 0 Å². The van der Waals surface area contributed by atoms with Crippen molar-refractivity contribution in [2.75, 3.05) is 0 Å². The maximum Gasteiger partial charge on any atom is 0.167 e. The summed E-state index contributed by atoms with van der Waals surface area (Å²) in [5, 5.41) is 0.352. The van der Waals surface area contributed by atoms with Gasteiger partial charge in [0.15, 0.2) is 9.76 Å². The average molecular weight is 203 g/mol. The van der Waals surface area contributed by atoms with Crippen LogP contribution in [-0.2, 0) is 4.43 Å². The molecule has 3 heteroatoms. The molecule has 1 unspecified atom stereocenters. The minimum absolute atomic E-state index is 0.145. The van der Waals surface area contributed by atoms with E-state index in [1.54, 1.807) is 0 Å². The van der Waals surface area contributed by atoms with Gasteiger partial charge < -0.3 is 10.2 Å². The highest BCUT2D eigenvalue weighted by Crippen LogP contribution is 2.24. The van der Waals surface area contributed by atoms with E-state index >= 15 is 0 Å². The molecule has 13 heavy (non-hydrogen) atoms. The summed E-state index contributed by atoms with van der Waals surface area (Å²) in [5.41, 5.74) is 5.83. The van der Waals surface area contributed by atoms with Crippen molar-refractivity contribution in [3.63, 3.8) is 0 Å². The first-order valence-electron chi connectivity index (χ1n) is 5.08. The van der Waals surface area contributed by atoms with Crippen molar-refractivity contribution in [1.29, 1.82) is 0 Å². The van der Waals surface area contributed by atoms with Gasteiger partial charge in [-0.25, -0.2) is 0 Å². The SMILES string of the molecule is CCC(N)C(C)(C)O[SiH2]C(C)(C)C. The van der Waals surface area contributed by atoms with Gasteiger partial charge in [0.1, 0.15) is 0 Å². The molecule has 0 aromatic rings. The zero-order chi connectivity index (χ0) is 10.7. The Hall–Kier alpha value is 0.137. The zero-order valence-corrected chi connectivity index (χ0v) is 11.4. The Balaban J connectivity index is 4.03. The third kappa shape index (κ3) is 5.44. The van der Waals surface area contributed by atoms with Crippen LogP contribution in [0, 0.1) is 0 Å². The fourth-order valence-corrected chi connectivity index (χ4v) is 2.02. The number of hydrogen-bond acceptors (Lipinski definition) is 2. The molecule has 0 aromatic heterocycles. The second-order valence-corrected chi connectivity index (χ2v) is 8.17. The Morgan fingerprint density at radius 2 is 1.69 bits per heavy atom. The molecule has 2 nitrogen and oxygen atoms in total. The van der Waals surface area contributed by atoms with Crippen molar-refractivity contribution in [2.24, 2.45) is 5.73 Å². The number of nitrogens with two attached hydrogens (primary N) is 1. The van der Waals surface area contributed by atoms with Crippen LogP contribution in [0.3, 0.4) is 0 Å². The van der Waals surface area contributed by atoms with E-state index in [1.165, 1.54) is 0 Å². The van der Waals surface area contributed by atoms with Crippen molar-refractivity contribution in [3.8, 4) is 0 Å². The molecule has 0 aliphatic rings. The molecule has 0 aliphatic carbocycles. The smallest absolute Gasteiger partial charge is 0.167 e. The van der Waals surface area contributed by atoms with Gasteiger partial charge in [-0.15, -0.1) is 0 Å². The predicted octanol–water partition coefficient (Wildman–Crippen LogP) is 1.82. The van der Waals surface area contributed by atoms with Gasteiger partial charge in [-0.05, 0) is 25.3 Å². The molecule has 80 valence electrons. The van der Waals surface area contributed by atoms with Crippen molar-refractivity contribution >= 4 is 9.76 Å². The summed E-state index contributed by atoms with van der Waals surface area (Å²) in [6.07, 6.45) is 0.978. The van der Waals surface area contributed by atoms with Crippen LogP contribution < -0.4 is 5.73 Å². The maximum atomic E-state index is 5.98. The van der Waals surface area contributed by atoms with Gasteiger partial charge in [-0.2, -0.15) is 0 Å². The van der Waals surface area contributed by atoms with Crippen LogP contribution in [0.2, 0.25) is 5.04 Å². The predicted molar refractivity (Wildman–Crippen MR) is 61.7 cm³/mol. The van der Waals surface area contributed by atoms with E-state index in [1.807, 2.05) is 0 Å². The summed E-state index contributed by atoms with van der Waals surface area (Å²) >= 11 is 0. The molecule has 2 N–H and O–H groups in total. The molecule has 0 bridgehead atoms. The summed E-state index contributed by atoms with van der Waals surface area (Å²) in [6, 6.07) is 0.155. The summed E-state index contributed by atoms with van der Waals surface area (Å²) in [6.45, 7) is 13.0. The molecule has 0 aliphatic heterocycles. The van der Waals surface area contributed by atoms with Crippen LogP contribution in [0.15, 0.2) is 0 Å².